The van der Waals surface area contributed by atoms with E-state index in [1.807, 2.05) is 36.9 Å². The molecule has 0 aliphatic rings. The molecule has 1 heterocycles. The van der Waals surface area contributed by atoms with E-state index in [0.717, 1.165) is 17.3 Å². The molecule has 0 N–H and O–H groups in total. The Bertz CT molecular complexity index is 716. The second-order valence-corrected chi connectivity index (χ2v) is 5.74. The van der Waals surface area contributed by atoms with Gasteiger partial charge in [0.05, 0.1) is 19.5 Å². The molecule has 2 rings (SSSR count). The van der Waals surface area contributed by atoms with Gasteiger partial charge in [-0.05, 0) is 26.0 Å². The number of nitrogens with zero attached hydrogens (tertiary/aromatic N) is 3. The minimum absolute atomic E-state index is 0.126. The standard InChI is InChI=1S/C18H23F2N3O2/c1-4-22(11-14-8-6-7-13(3)9-14)12-23-16(17(19)20)15(10-21-23)18(24)25-5-2/h6-10,17H,4-5,11-12H2,1-3H3. The molecule has 2 aromatic rings. The number of aryl methyl sites for hydroxylation is 1. The lowest BCUT2D eigenvalue weighted by Gasteiger charge is -2.22. The van der Waals surface area contributed by atoms with Crippen molar-refractivity contribution in [2.45, 2.75) is 40.4 Å². The highest BCUT2D eigenvalue weighted by atomic mass is 19.3. The predicted octanol–water partition coefficient (Wildman–Crippen LogP) is 3.79. The van der Waals surface area contributed by atoms with Gasteiger partial charge in [-0.1, -0.05) is 36.8 Å². The summed E-state index contributed by atoms with van der Waals surface area (Å²) in [6.45, 7) is 7.15. The monoisotopic (exact) mass is 351 g/mol. The average molecular weight is 351 g/mol. The molecule has 1 aromatic carbocycles. The van der Waals surface area contributed by atoms with Crippen LogP contribution in [-0.4, -0.2) is 33.8 Å². The number of esters is 1. The first-order valence-electron chi connectivity index (χ1n) is 8.25. The Morgan fingerprint density at radius 2 is 2.12 bits per heavy atom. The fraction of sp³-hybridized carbons (Fsp3) is 0.444. The van der Waals surface area contributed by atoms with Gasteiger partial charge in [0.25, 0.3) is 6.43 Å². The highest BCUT2D eigenvalue weighted by molar-refractivity contribution is 5.90. The normalized spacial score (nSPS) is 11.3. The van der Waals surface area contributed by atoms with Gasteiger partial charge in [-0.15, -0.1) is 0 Å². The summed E-state index contributed by atoms with van der Waals surface area (Å²) >= 11 is 0. The van der Waals surface area contributed by atoms with Gasteiger partial charge in [0, 0.05) is 6.54 Å². The van der Waals surface area contributed by atoms with Gasteiger partial charge in [-0.25, -0.2) is 18.3 Å². The highest BCUT2D eigenvalue weighted by Gasteiger charge is 2.26. The summed E-state index contributed by atoms with van der Waals surface area (Å²) in [5, 5.41) is 3.98. The van der Waals surface area contributed by atoms with Crippen LogP contribution >= 0.6 is 0 Å². The van der Waals surface area contributed by atoms with Crippen LogP contribution in [0.4, 0.5) is 8.78 Å². The minimum Gasteiger partial charge on any atom is -0.462 e. The molecule has 0 spiro atoms. The molecule has 0 aliphatic carbocycles. The maximum atomic E-state index is 13.5. The molecule has 25 heavy (non-hydrogen) atoms. The molecule has 0 atom stereocenters. The molecule has 0 bridgehead atoms. The molecular formula is C18H23F2N3O2. The number of carbonyl (C=O) groups is 1. The SMILES string of the molecule is CCOC(=O)c1cnn(CN(CC)Cc2cccc(C)c2)c1C(F)F. The van der Waals surface area contributed by atoms with Gasteiger partial charge in [-0.3, -0.25) is 4.90 Å². The van der Waals surface area contributed by atoms with Crippen LogP contribution in [0.3, 0.4) is 0 Å². The van der Waals surface area contributed by atoms with E-state index in [2.05, 4.69) is 11.2 Å². The summed E-state index contributed by atoms with van der Waals surface area (Å²) in [4.78, 5) is 13.8. The van der Waals surface area contributed by atoms with E-state index in [4.69, 9.17) is 4.74 Å². The number of aromatic nitrogens is 2. The maximum Gasteiger partial charge on any atom is 0.341 e. The van der Waals surface area contributed by atoms with Gasteiger partial charge >= 0.3 is 5.97 Å². The summed E-state index contributed by atoms with van der Waals surface area (Å²) in [5.41, 5.74) is 1.66. The van der Waals surface area contributed by atoms with Crippen molar-refractivity contribution in [1.82, 2.24) is 14.7 Å². The van der Waals surface area contributed by atoms with Crippen LogP contribution in [-0.2, 0) is 18.0 Å². The number of ether oxygens (including phenoxy) is 1. The number of carbonyl (C=O) groups excluding carboxylic acids is 1. The van der Waals surface area contributed by atoms with Crippen molar-refractivity contribution in [3.63, 3.8) is 0 Å². The third-order valence-electron chi connectivity index (χ3n) is 3.85. The Kier molecular flexibility index (Phi) is 6.64. The maximum absolute atomic E-state index is 13.5. The first-order valence-corrected chi connectivity index (χ1v) is 8.25. The van der Waals surface area contributed by atoms with Crippen LogP contribution in [0.15, 0.2) is 30.5 Å². The molecule has 5 nitrogen and oxygen atoms in total. The van der Waals surface area contributed by atoms with E-state index in [9.17, 15) is 13.6 Å². The van der Waals surface area contributed by atoms with Gasteiger partial charge in [-0.2, -0.15) is 5.10 Å². The molecule has 0 fully saturated rings. The largest absolute Gasteiger partial charge is 0.462 e. The van der Waals surface area contributed by atoms with E-state index in [1.165, 1.54) is 4.68 Å². The van der Waals surface area contributed by atoms with E-state index < -0.39 is 18.1 Å². The van der Waals surface area contributed by atoms with Crippen molar-refractivity contribution in [3.8, 4) is 0 Å². The van der Waals surface area contributed by atoms with E-state index in [1.54, 1.807) is 6.92 Å². The van der Waals surface area contributed by atoms with Crippen molar-refractivity contribution >= 4 is 5.97 Å². The molecule has 0 amide bonds. The summed E-state index contributed by atoms with van der Waals surface area (Å²) < 4.78 is 32.9. The lowest BCUT2D eigenvalue weighted by atomic mass is 10.1. The Morgan fingerprint density at radius 1 is 1.36 bits per heavy atom. The van der Waals surface area contributed by atoms with Crippen molar-refractivity contribution in [2.24, 2.45) is 0 Å². The second kappa shape index (κ2) is 8.71. The van der Waals surface area contributed by atoms with Crippen LogP contribution in [0, 0.1) is 6.92 Å². The topological polar surface area (TPSA) is 47.4 Å². The fourth-order valence-electron chi connectivity index (χ4n) is 2.62. The van der Waals surface area contributed by atoms with Crippen LogP contribution in [0.2, 0.25) is 0 Å². The zero-order chi connectivity index (χ0) is 18.4. The number of benzene rings is 1. The van der Waals surface area contributed by atoms with Crippen LogP contribution in [0.1, 0.15) is 47.5 Å². The molecule has 1 aromatic heterocycles. The van der Waals surface area contributed by atoms with Gasteiger partial charge in [0.15, 0.2) is 0 Å². The molecule has 0 saturated carbocycles. The second-order valence-electron chi connectivity index (χ2n) is 5.74. The molecular weight excluding hydrogens is 328 g/mol. The predicted molar refractivity (Wildman–Crippen MR) is 90.4 cm³/mol. The highest BCUT2D eigenvalue weighted by Crippen LogP contribution is 2.24. The number of rotatable bonds is 8. The molecule has 7 heteroatoms. The fourth-order valence-corrected chi connectivity index (χ4v) is 2.62. The molecule has 0 unspecified atom stereocenters. The van der Waals surface area contributed by atoms with E-state index in [-0.39, 0.29) is 18.8 Å². The third kappa shape index (κ3) is 4.85. The van der Waals surface area contributed by atoms with E-state index in [0.29, 0.717) is 13.1 Å². The summed E-state index contributed by atoms with van der Waals surface area (Å²) in [7, 11) is 0. The lowest BCUT2D eigenvalue weighted by molar-refractivity contribution is 0.0511. The van der Waals surface area contributed by atoms with Gasteiger partial charge in [0.1, 0.15) is 11.3 Å². The van der Waals surface area contributed by atoms with Crippen LogP contribution in [0.5, 0.6) is 0 Å². The molecule has 0 aliphatic heterocycles. The van der Waals surface area contributed by atoms with Crippen molar-refractivity contribution in [3.05, 3.63) is 52.8 Å². The average Bonchev–Trinajstić information content (AvgIpc) is 2.98. The first kappa shape index (κ1) is 19.1. The van der Waals surface area contributed by atoms with Crippen LogP contribution in [0.25, 0.3) is 0 Å². The quantitative estimate of drug-likeness (QED) is 0.679. The number of hydrogen-bond acceptors (Lipinski definition) is 4. The van der Waals surface area contributed by atoms with Crippen LogP contribution < -0.4 is 0 Å². The van der Waals surface area contributed by atoms with Gasteiger partial charge in [0.2, 0.25) is 0 Å². The lowest BCUT2D eigenvalue weighted by Crippen LogP contribution is -2.27. The number of hydrogen-bond donors (Lipinski definition) is 0. The Hall–Kier alpha value is -2.28. The number of alkyl halides is 2. The zero-order valence-electron chi connectivity index (χ0n) is 14.7. The summed E-state index contributed by atoms with van der Waals surface area (Å²) in [6, 6.07) is 8.03. The summed E-state index contributed by atoms with van der Waals surface area (Å²) in [5.74, 6) is -0.772. The minimum atomic E-state index is -2.81. The molecule has 0 radical (unpaired) electrons. The Balaban J connectivity index is 2.20. The number of halogens is 2. The molecule has 136 valence electrons. The van der Waals surface area contributed by atoms with E-state index >= 15 is 0 Å². The van der Waals surface area contributed by atoms with Crippen molar-refractivity contribution < 1.29 is 18.3 Å². The smallest absolute Gasteiger partial charge is 0.341 e. The van der Waals surface area contributed by atoms with Crippen molar-refractivity contribution in [2.75, 3.05) is 13.2 Å². The summed E-state index contributed by atoms with van der Waals surface area (Å²) in [6.07, 6.45) is -1.65. The first-order chi connectivity index (χ1) is 12.0. The Morgan fingerprint density at radius 3 is 2.72 bits per heavy atom. The Labute approximate surface area is 146 Å². The molecule has 0 saturated heterocycles. The van der Waals surface area contributed by atoms with Crippen molar-refractivity contribution in [1.29, 1.82) is 0 Å². The van der Waals surface area contributed by atoms with Gasteiger partial charge < -0.3 is 4.74 Å². The zero-order valence-corrected chi connectivity index (χ0v) is 14.7. The third-order valence-corrected chi connectivity index (χ3v) is 3.85.